The second-order valence-electron chi connectivity index (χ2n) is 18.5. The summed E-state index contributed by atoms with van der Waals surface area (Å²) in [4.78, 5) is 11.0. The number of allylic oxidation sites excluding steroid dienone is 1. The van der Waals surface area contributed by atoms with Gasteiger partial charge in [0.25, 0.3) is 0 Å². The topological polar surface area (TPSA) is 29.6 Å². The van der Waals surface area contributed by atoms with E-state index in [0.29, 0.717) is 0 Å². The van der Waals surface area contributed by atoms with Crippen LogP contribution >= 0.6 is 0 Å². The number of fused-ring (bicyclic) bond motifs is 9. The first-order chi connectivity index (χ1) is 34.6. The number of aliphatic imine (C=N–C) groups is 2. The molecule has 1 aliphatic heterocycles. The van der Waals surface area contributed by atoms with Gasteiger partial charge in [0.1, 0.15) is 0 Å². The van der Waals surface area contributed by atoms with Crippen molar-refractivity contribution >= 4 is 71.4 Å². The summed E-state index contributed by atoms with van der Waals surface area (Å²) in [5.74, 6) is 0.723. The Kier molecular flexibility index (Phi) is 10.2. The molecular weight excluding hydrogens is 847 g/mol. The van der Waals surface area contributed by atoms with Crippen molar-refractivity contribution in [2.45, 2.75) is 19.8 Å². The monoisotopic (exact) mass is 893 g/mol. The molecule has 3 heteroatoms. The number of para-hydroxylation sites is 1. The Hall–Kier alpha value is -8.92. The van der Waals surface area contributed by atoms with Crippen LogP contribution in [0.4, 0.5) is 0 Å². The van der Waals surface area contributed by atoms with Gasteiger partial charge in [-0.3, -0.25) is 0 Å². The van der Waals surface area contributed by atoms with Gasteiger partial charge in [0, 0.05) is 27.6 Å². The van der Waals surface area contributed by atoms with Gasteiger partial charge in [-0.2, -0.15) is 0 Å². The van der Waals surface area contributed by atoms with Gasteiger partial charge in [-0.05, 0) is 127 Å². The lowest BCUT2D eigenvalue weighted by molar-refractivity contribution is 1.00. The fraction of sp³-hybridized carbons (Fsp3) is 0.0448. The first-order valence-corrected chi connectivity index (χ1v) is 24.3. The fourth-order valence-electron chi connectivity index (χ4n) is 10.8. The Morgan fingerprint density at radius 1 is 0.329 bits per heavy atom. The number of nitrogens with zero attached hydrogens (tertiary/aromatic N) is 3. The molecule has 12 aromatic rings. The van der Waals surface area contributed by atoms with Crippen LogP contribution in [0.25, 0.3) is 98.9 Å². The van der Waals surface area contributed by atoms with Crippen LogP contribution in [0.5, 0.6) is 0 Å². The molecule has 0 atom stereocenters. The number of amidine groups is 1. The zero-order valence-corrected chi connectivity index (χ0v) is 38.8. The molecule has 11 aromatic carbocycles. The van der Waals surface area contributed by atoms with Gasteiger partial charge >= 0.3 is 0 Å². The van der Waals surface area contributed by atoms with Gasteiger partial charge in [-0.15, -0.1) is 0 Å². The first kappa shape index (κ1) is 41.3. The average Bonchev–Trinajstić information content (AvgIpc) is 3.76. The normalized spacial score (nSPS) is 15.7. The largest absolute Gasteiger partial charge is 0.309 e. The summed E-state index contributed by atoms with van der Waals surface area (Å²) >= 11 is 0. The molecule has 0 unspecified atom stereocenters. The average molecular weight is 894 g/mol. The van der Waals surface area contributed by atoms with E-state index in [2.05, 4.69) is 254 Å². The van der Waals surface area contributed by atoms with Gasteiger partial charge < -0.3 is 4.57 Å². The third-order valence-corrected chi connectivity index (χ3v) is 14.3. The maximum atomic E-state index is 5.61. The van der Waals surface area contributed by atoms with E-state index in [-0.39, 0.29) is 0 Å². The number of rotatable bonds is 7. The van der Waals surface area contributed by atoms with Crippen LogP contribution < -0.4 is 0 Å². The standard InChI is InChI=1S/C67H47N3/c1-44-28-41-62(49-31-29-47(30-32-49)45-16-5-2-6-17-45)68-67(50-20-9-4-10-21-50)69-66(44)60-26-15-25-58-54-22-11-12-23-55(54)61-42-51(36-40-59(61)65(58)60)52-35-39-57-56-24-13-14-27-63(56)70(64(57)43-52)53-37-33-48(34-38-53)46-18-7-3-8-19-46/h2-27,29-40,42-43H,28,41H2,1H3/b66-44-,68-62+,69-67-. The highest BCUT2D eigenvalue weighted by Gasteiger charge is 2.21. The van der Waals surface area contributed by atoms with Gasteiger partial charge in [-0.25, -0.2) is 9.98 Å². The van der Waals surface area contributed by atoms with Gasteiger partial charge in [0.15, 0.2) is 5.84 Å². The van der Waals surface area contributed by atoms with Crippen molar-refractivity contribution in [3.63, 3.8) is 0 Å². The third kappa shape index (κ3) is 7.23. The summed E-state index contributed by atoms with van der Waals surface area (Å²) in [5.41, 5.74) is 17.2. The Bertz CT molecular complexity index is 4070. The predicted octanol–water partition coefficient (Wildman–Crippen LogP) is 17.7. The van der Waals surface area contributed by atoms with Crippen molar-refractivity contribution in [1.82, 2.24) is 4.57 Å². The molecule has 0 saturated carbocycles. The zero-order valence-electron chi connectivity index (χ0n) is 38.8. The van der Waals surface area contributed by atoms with Crippen LogP contribution in [0, 0.1) is 0 Å². The van der Waals surface area contributed by atoms with Gasteiger partial charge in [0.05, 0.1) is 22.4 Å². The molecule has 0 fully saturated rings. The molecule has 330 valence electrons. The van der Waals surface area contributed by atoms with E-state index < -0.39 is 0 Å². The van der Waals surface area contributed by atoms with E-state index in [4.69, 9.17) is 9.98 Å². The highest BCUT2D eigenvalue weighted by atomic mass is 15.0. The Morgan fingerprint density at radius 3 is 1.50 bits per heavy atom. The Morgan fingerprint density at radius 2 is 0.814 bits per heavy atom. The van der Waals surface area contributed by atoms with Crippen LogP contribution in [0.15, 0.2) is 258 Å². The second kappa shape index (κ2) is 17.3. The van der Waals surface area contributed by atoms with Crippen molar-refractivity contribution < 1.29 is 0 Å². The summed E-state index contributed by atoms with van der Waals surface area (Å²) in [6, 6.07) is 87.9. The maximum absolute atomic E-state index is 5.61. The minimum Gasteiger partial charge on any atom is -0.309 e. The van der Waals surface area contributed by atoms with Crippen LogP contribution in [-0.2, 0) is 0 Å². The van der Waals surface area contributed by atoms with Gasteiger partial charge in [0.2, 0.25) is 0 Å². The van der Waals surface area contributed by atoms with E-state index in [1.165, 1.54) is 93.1 Å². The molecule has 0 N–H and O–H groups in total. The molecule has 0 bridgehead atoms. The van der Waals surface area contributed by atoms with Crippen LogP contribution in [0.3, 0.4) is 0 Å². The molecule has 2 heterocycles. The quantitative estimate of drug-likeness (QED) is 0.143. The van der Waals surface area contributed by atoms with Crippen LogP contribution in [-0.4, -0.2) is 16.1 Å². The molecule has 13 rings (SSSR count). The molecule has 1 aromatic heterocycles. The number of aromatic nitrogens is 1. The molecule has 1 aliphatic rings. The molecule has 0 spiro atoms. The molecule has 0 aliphatic carbocycles. The fourth-order valence-corrected chi connectivity index (χ4v) is 10.8. The van der Waals surface area contributed by atoms with Crippen LogP contribution in [0.1, 0.15) is 36.5 Å². The summed E-state index contributed by atoms with van der Waals surface area (Å²) < 4.78 is 2.42. The van der Waals surface area contributed by atoms with Crippen molar-refractivity contribution in [1.29, 1.82) is 0 Å². The SMILES string of the molecule is C/C1=C(c2cccc3c4ccccc4c4cc(-c5ccc6c7ccccc7n(-c7ccc(-c8ccccc8)cc7)c6c5)ccc4c23)/N=C(c2ccccc2)\N=C(\c2ccc(-c3ccccc3)cc2)CC1. The highest BCUT2D eigenvalue weighted by Crippen LogP contribution is 2.43. The predicted molar refractivity (Wildman–Crippen MR) is 297 cm³/mol. The Labute approximate surface area is 407 Å². The molecule has 0 radical (unpaired) electrons. The summed E-state index contributed by atoms with van der Waals surface area (Å²) in [5, 5.41) is 9.82. The van der Waals surface area contributed by atoms with Gasteiger partial charge in [-0.1, -0.05) is 212 Å². The minimum atomic E-state index is 0.723. The van der Waals surface area contributed by atoms with E-state index in [1.807, 2.05) is 0 Å². The maximum Gasteiger partial charge on any atom is 0.160 e. The highest BCUT2D eigenvalue weighted by molar-refractivity contribution is 6.28. The zero-order chi connectivity index (χ0) is 46.5. The molecular formula is C67H47N3. The summed E-state index contributed by atoms with van der Waals surface area (Å²) in [7, 11) is 0. The van der Waals surface area contributed by atoms with Crippen molar-refractivity contribution in [3.05, 3.63) is 265 Å². The lowest BCUT2D eigenvalue weighted by Crippen LogP contribution is -2.10. The molecule has 3 nitrogen and oxygen atoms in total. The molecule has 0 saturated heterocycles. The molecule has 70 heavy (non-hydrogen) atoms. The summed E-state index contributed by atoms with van der Waals surface area (Å²) in [6.07, 6.45) is 1.63. The van der Waals surface area contributed by atoms with E-state index >= 15 is 0 Å². The van der Waals surface area contributed by atoms with Crippen molar-refractivity contribution in [2.75, 3.05) is 0 Å². The van der Waals surface area contributed by atoms with E-state index in [9.17, 15) is 0 Å². The molecule has 0 amide bonds. The first-order valence-electron chi connectivity index (χ1n) is 24.3. The third-order valence-electron chi connectivity index (χ3n) is 14.3. The number of hydrogen-bond donors (Lipinski definition) is 0. The number of benzene rings is 11. The second-order valence-corrected chi connectivity index (χ2v) is 18.5. The lowest BCUT2D eigenvalue weighted by Gasteiger charge is -2.19. The van der Waals surface area contributed by atoms with Crippen molar-refractivity contribution in [2.24, 2.45) is 9.98 Å². The van der Waals surface area contributed by atoms with Crippen LogP contribution in [0.2, 0.25) is 0 Å². The van der Waals surface area contributed by atoms with E-state index in [1.54, 1.807) is 0 Å². The lowest BCUT2D eigenvalue weighted by atomic mass is 9.88. The minimum absolute atomic E-state index is 0.723. The number of hydrogen-bond acceptors (Lipinski definition) is 2. The Balaban J connectivity index is 0.956. The van der Waals surface area contributed by atoms with Crippen molar-refractivity contribution in [3.8, 4) is 39.1 Å². The van der Waals surface area contributed by atoms with E-state index in [0.717, 1.165) is 52.5 Å². The smallest absolute Gasteiger partial charge is 0.160 e. The summed E-state index contributed by atoms with van der Waals surface area (Å²) in [6.45, 7) is 2.26.